The van der Waals surface area contributed by atoms with E-state index in [4.69, 9.17) is 18.0 Å². The van der Waals surface area contributed by atoms with Crippen molar-refractivity contribution in [2.75, 3.05) is 11.9 Å². The fraction of sp³-hybridized carbons (Fsp3) is 0.600. The molecule has 1 aliphatic rings. The van der Waals surface area contributed by atoms with Crippen molar-refractivity contribution < 1.29 is 0 Å². The zero-order valence-electron chi connectivity index (χ0n) is 12.0. The zero-order valence-corrected chi connectivity index (χ0v) is 12.8. The minimum Gasteiger partial charge on any atom is -0.389 e. The average Bonchev–Trinajstić information content (AvgIpc) is 2.38. The normalized spacial score (nSPS) is 23.1. The summed E-state index contributed by atoms with van der Waals surface area (Å²) in [5.41, 5.74) is 7.73. The van der Waals surface area contributed by atoms with Crippen LogP contribution in [0, 0.1) is 12.8 Å². The highest BCUT2D eigenvalue weighted by molar-refractivity contribution is 7.80. The van der Waals surface area contributed by atoms with Gasteiger partial charge in [-0.1, -0.05) is 32.0 Å². The zero-order chi connectivity index (χ0) is 14.0. The molecule has 0 aliphatic heterocycles. The molecular weight excluding hydrogens is 254 g/mol. The number of aryl methyl sites for hydroxylation is 1. The lowest BCUT2D eigenvalue weighted by Crippen LogP contribution is -2.40. The van der Waals surface area contributed by atoms with Gasteiger partial charge < -0.3 is 10.6 Å². The molecule has 1 aromatic heterocycles. The number of aromatic nitrogens is 1. The van der Waals surface area contributed by atoms with Crippen LogP contribution in [-0.4, -0.2) is 23.1 Å². The molecule has 1 aliphatic carbocycles. The number of anilines is 1. The van der Waals surface area contributed by atoms with Gasteiger partial charge in [0.1, 0.15) is 10.8 Å². The fourth-order valence-corrected chi connectivity index (χ4v) is 3.19. The van der Waals surface area contributed by atoms with Gasteiger partial charge in [0.15, 0.2) is 0 Å². The minimum atomic E-state index is 0.429. The second-order valence-corrected chi connectivity index (χ2v) is 6.07. The molecule has 0 saturated heterocycles. The lowest BCUT2D eigenvalue weighted by Gasteiger charge is -2.37. The van der Waals surface area contributed by atoms with Crippen LogP contribution in [0.4, 0.5) is 5.82 Å². The largest absolute Gasteiger partial charge is 0.389 e. The Kier molecular flexibility index (Phi) is 4.40. The summed E-state index contributed by atoms with van der Waals surface area (Å²) in [6, 6.07) is 4.50. The van der Waals surface area contributed by atoms with Crippen molar-refractivity contribution in [1.82, 2.24) is 4.98 Å². The second-order valence-electron chi connectivity index (χ2n) is 5.63. The maximum Gasteiger partial charge on any atom is 0.139 e. The Labute approximate surface area is 121 Å². The number of pyridine rings is 1. The number of hydrogen-bond donors (Lipinski definition) is 1. The molecule has 2 rings (SSSR count). The SMILES string of the molecule is Cc1ccc(C(N)=S)c(N(C)C2CCCCC2C)n1. The molecule has 1 saturated carbocycles. The molecule has 4 heteroatoms. The summed E-state index contributed by atoms with van der Waals surface area (Å²) in [6.07, 6.45) is 5.16. The molecule has 0 radical (unpaired) electrons. The Morgan fingerprint density at radius 3 is 2.68 bits per heavy atom. The van der Waals surface area contributed by atoms with Crippen LogP contribution in [0.15, 0.2) is 12.1 Å². The molecule has 0 aromatic carbocycles. The third-order valence-corrected chi connectivity index (χ3v) is 4.40. The Hall–Kier alpha value is -1.16. The van der Waals surface area contributed by atoms with Crippen molar-refractivity contribution in [3.63, 3.8) is 0 Å². The van der Waals surface area contributed by atoms with Gasteiger partial charge in [-0.15, -0.1) is 0 Å². The standard InChI is InChI=1S/C15H23N3S/c1-10-6-4-5-7-13(10)18(3)15-12(14(16)19)9-8-11(2)17-15/h8-10,13H,4-7H2,1-3H3,(H2,16,19). The Morgan fingerprint density at radius 1 is 1.37 bits per heavy atom. The van der Waals surface area contributed by atoms with Crippen LogP contribution in [-0.2, 0) is 0 Å². The third-order valence-electron chi connectivity index (χ3n) is 4.18. The molecular formula is C15H23N3S. The molecule has 104 valence electrons. The van der Waals surface area contributed by atoms with Gasteiger partial charge in [-0.05, 0) is 37.8 Å². The molecule has 0 bridgehead atoms. The first-order valence-electron chi connectivity index (χ1n) is 7.01. The van der Waals surface area contributed by atoms with Crippen molar-refractivity contribution in [1.29, 1.82) is 0 Å². The molecule has 1 heterocycles. The Morgan fingerprint density at radius 2 is 2.05 bits per heavy atom. The van der Waals surface area contributed by atoms with Gasteiger partial charge in [0.25, 0.3) is 0 Å². The molecule has 2 unspecified atom stereocenters. The van der Waals surface area contributed by atoms with Crippen LogP contribution in [0.25, 0.3) is 0 Å². The van der Waals surface area contributed by atoms with E-state index < -0.39 is 0 Å². The van der Waals surface area contributed by atoms with Crippen LogP contribution in [0.1, 0.15) is 43.9 Å². The summed E-state index contributed by atoms with van der Waals surface area (Å²) in [7, 11) is 2.12. The number of thiocarbonyl (C=S) groups is 1. The van der Waals surface area contributed by atoms with Crippen LogP contribution in [0.2, 0.25) is 0 Å². The number of hydrogen-bond acceptors (Lipinski definition) is 3. The first-order chi connectivity index (χ1) is 9.00. The first kappa shape index (κ1) is 14.3. The molecule has 1 fully saturated rings. The summed E-state index contributed by atoms with van der Waals surface area (Å²) in [6.45, 7) is 4.33. The van der Waals surface area contributed by atoms with Crippen LogP contribution in [0.3, 0.4) is 0 Å². The second kappa shape index (κ2) is 5.87. The lowest BCUT2D eigenvalue weighted by atomic mass is 9.85. The van der Waals surface area contributed by atoms with E-state index >= 15 is 0 Å². The van der Waals surface area contributed by atoms with Crippen LogP contribution in [0.5, 0.6) is 0 Å². The van der Waals surface area contributed by atoms with Gasteiger partial charge in [0.2, 0.25) is 0 Å². The number of rotatable bonds is 3. The van der Waals surface area contributed by atoms with Gasteiger partial charge in [-0.25, -0.2) is 4.98 Å². The Bertz CT molecular complexity index is 472. The first-order valence-corrected chi connectivity index (χ1v) is 7.42. The van der Waals surface area contributed by atoms with Crippen LogP contribution >= 0.6 is 12.2 Å². The topological polar surface area (TPSA) is 42.1 Å². The quantitative estimate of drug-likeness (QED) is 0.862. The van der Waals surface area contributed by atoms with E-state index in [9.17, 15) is 0 Å². The van der Waals surface area contributed by atoms with E-state index in [1.807, 2.05) is 19.1 Å². The molecule has 0 amide bonds. The van der Waals surface area contributed by atoms with Crippen molar-refractivity contribution in [2.24, 2.45) is 11.7 Å². The lowest BCUT2D eigenvalue weighted by molar-refractivity contribution is 0.320. The third kappa shape index (κ3) is 3.06. The molecule has 2 atom stereocenters. The maximum absolute atomic E-state index is 5.83. The summed E-state index contributed by atoms with van der Waals surface area (Å²) < 4.78 is 0. The van der Waals surface area contributed by atoms with Crippen molar-refractivity contribution in [3.05, 3.63) is 23.4 Å². The fourth-order valence-electron chi connectivity index (χ4n) is 3.03. The maximum atomic E-state index is 5.83. The summed E-state index contributed by atoms with van der Waals surface area (Å²) in [5, 5.41) is 0. The average molecular weight is 277 g/mol. The van der Waals surface area contributed by atoms with E-state index in [1.54, 1.807) is 0 Å². The summed E-state index contributed by atoms with van der Waals surface area (Å²) in [5.74, 6) is 1.63. The highest BCUT2D eigenvalue weighted by Crippen LogP contribution is 2.31. The van der Waals surface area contributed by atoms with Crippen LogP contribution < -0.4 is 10.6 Å². The number of nitrogens with two attached hydrogens (primary N) is 1. The highest BCUT2D eigenvalue weighted by Gasteiger charge is 2.27. The van der Waals surface area contributed by atoms with Crippen molar-refractivity contribution in [2.45, 2.75) is 45.6 Å². The predicted octanol–water partition coefficient (Wildman–Crippen LogP) is 3.04. The van der Waals surface area contributed by atoms with E-state index in [0.717, 1.165) is 17.1 Å². The van der Waals surface area contributed by atoms with E-state index in [0.29, 0.717) is 16.9 Å². The number of nitrogens with zero attached hydrogens (tertiary/aromatic N) is 2. The van der Waals surface area contributed by atoms with E-state index in [2.05, 4.69) is 23.9 Å². The highest BCUT2D eigenvalue weighted by atomic mass is 32.1. The predicted molar refractivity (Wildman–Crippen MR) is 84.7 cm³/mol. The molecule has 2 N–H and O–H groups in total. The Balaban J connectivity index is 2.34. The van der Waals surface area contributed by atoms with Crippen molar-refractivity contribution >= 4 is 23.0 Å². The molecule has 1 aromatic rings. The van der Waals surface area contributed by atoms with Gasteiger partial charge in [-0.3, -0.25) is 0 Å². The monoisotopic (exact) mass is 277 g/mol. The smallest absolute Gasteiger partial charge is 0.139 e. The summed E-state index contributed by atoms with van der Waals surface area (Å²) in [4.78, 5) is 7.37. The minimum absolute atomic E-state index is 0.429. The van der Waals surface area contributed by atoms with E-state index in [-0.39, 0.29) is 0 Å². The van der Waals surface area contributed by atoms with Crippen molar-refractivity contribution in [3.8, 4) is 0 Å². The van der Waals surface area contributed by atoms with Gasteiger partial charge in [0.05, 0.1) is 5.56 Å². The van der Waals surface area contributed by atoms with Gasteiger partial charge in [0, 0.05) is 18.8 Å². The molecule has 19 heavy (non-hydrogen) atoms. The summed E-state index contributed by atoms with van der Waals surface area (Å²) >= 11 is 5.15. The van der Waals surface area contributed by atoms with Gasteiger partial charge >= 0.3 is 0 Å². The molecule has 0 spiro atoms. The van der Waals surface area contributed by atoms with Gasteiger partial charge in [-0.2, -0.15) is 0 Å². The van der Waals surface area contributed by atoms with E-state index in [1.165, 1.54) is 25.7 Å². The molecule has 3 nitrogen and oxygen atoms in total.